The molecule has 0 saturated heterocycles. The molecule has 0 aromatic rings. The van der Waals surface area contributed by atoms with E-state index in [2.05, 4.69) is 10.6 Å². The van der Waals surface area contributed by atoms with Crippen LogP contribution in [-0.4, -0.2) is 38.6 Å². The molecule has 2 amide bonds. The van der Waals surface area contributed by atoms with Gasteiger partial charge in [-0.05, 0) is 6.42 Å². The van der Waals surface area contributed by atoms with Crippen LogP contribution in [0.1, 0.15) is 20.3 Å². The largest absolute Gasteiger partial charge is 0.356 e. The molecule has 16 heavy (non-hydrogen) atoms. The van der Waals surface area contributed by atoms with Crippen molar-refractivity contribution in [2.45, 2.75) is 25.5 Å². The first-order valence-corrected chi connectivity index (χ1v) is 6.35. The van der Waals surface area contributed by atoms with Gasteiger partial charge in [0.05, 0.1) is 5.25 Å². The summed E-state index contributed by atoms with van der Waals surface area (Å²) in [5.74, 6) is -0.569. The normalized spacial score (nSPS) is 12.9. The lowest BCUT2D eigenvalue weighted by Crippen LogP contribution is -2.41. The number of amides is 2. The molecular formula is C8H17N3O4S. The number of nitrogens with two attached hydrogens (primary N) is 1. The molecule has 0 spiro atoms. The van der Waals surface area contributed by atoms with Crippen LogP contribution < -0.4 is 15.8 Å². The molecule has 7 nitrogen and oxygen atoms in total. The highest BCUT2D eigenvalue weighted by atomic mass is 32.2. The summed E-state index contributed by atoms with van der Waals surface area (Å²) in [5.41, 5.74) is 0. The first-order chi connectivity index (χ1) is 7.23. The maximum absolute atomic E-state index is 11.1. The lowest BCUT2D eigenvalue weighted by Gasteiger charge is -2.14. The molecule has 1 atom stereocenters. The van der Waals surface area contributed by atoms with E-state index in [1.807, 2.05) is 0 Å². The predicted molar refractivity (Wildman–Crippen MR) is 58.9 cm³/mol. The molecule has 0 heterocycles. The van der Waals surface area contributed by atoms with E-state index in [-0.39, 0.29) is 31.3 Å². The van der Waals surface area contributed by atoms with Crippen molar-refractivity contribution in [1.82, 2.24) is 10.6 Å². The Bertz CT molecular complexity index is 352. The van der Waals surface area contributed by atoms with Crippen LogP contribution in [0.4, 0.5) is 0 Å². The highest BCUT2D eigenvalue weighted by Gasteiger charge is 2.21. The van der Waals surface area contributed by atoms with E-state index in [1.165, 1.54) is 13.8 Å². The van der Waals surface area contributed by atoms with Crippen molar-refractivity contribution in [2.75, 3.05) is 13.1 Å². The van der Waals surface area contributed by atoms with Gasteiger partial charge >= 0.3 is 0 Å². The van der Waals surface area contributed by atoms with Crippen molar-refractivity contribution in [3.05, 3.63) is 0 Å². The van der Waals surface area contributed by atoms with Crippen LogP contribution in [0.3, 0.4) is 0 Å². The number of sulfonamides is 1. The fraction of sp³-hybridized carbons (Fsp3) is 0.750. The Hall–Kier alpha value is -1.15. The molecule has 0 aliphatic heterocycles. The third kappa shape index (κ3) is 7.18. The lowest BCUT2D eigenvalue weighted by atomic mass is 10.3. The summed E-state index contributed by atoms with van der Waals surface area (Å²) in [6, 6.07) is 0. The van der Waals surface area contributed by atoms with E-state index in [1.54, 1.807) is 0 Å². The molecule has 4 N–H and O–H groups in total. The first-order valence-electron chi connectivity index (χ1n) is 4.74. The van der Waals surface area contributed by atoms with Crippen molar-refractivity contribution in [3.8, 4) is 0 Å². The molecule has 1 unspecified atom stereocenters. The minimum Gasteiger partial charge on any atom is -0.356 e. The molecule has 0 radical (unpaired) electrons. The van der Waals surface area contributed by atoms with Crippen LogP contribution in [0, 0.1) is 0 Å². The summed E-state index contributed by atoms with van der Waals surface area (Å²) >= 11 is 0. The van der Waals surface area contributed by atoms with E-state index in [9.17, 15) is 18.0 Å². The molecular weight excluding hydrogens is 234 g/mol. The van der Waals surface area contributed by atoms with Gasteiger partial charge in [0.2, 0.25) is 21.8 Å². The second-order valence-corrected chi connectivity index (χ2v) is 5.26. The molecule has 0 aromatic carbocycles. The van der Waals surface area contributed by atoms with E-state index in [4.69, 9.17) is 5.14 Å². The number of primary sulfonamides is 1. The summed E-state index contributed by atoms with van der Waals surface area (Å²) in [6.07, 6.45) is 0.165. The van der Waals surface area contributed by atoms with Crippen molar-refractivity contribution >= 4 is 21.8 Å². The van der Waals surface area contributed by atoms with Gasteiger partial charge in [-0.25, -0.2) is 13.6 Å². The third-order valence-corrected chi connectivity index (χ3v) is 3.22. The van der Waals surface area contributed by atoms with E-state index in [0.717, 1.165) is 0 Å². The predicted octanol–water partition coefficient (Wildman–Crippen LogP) is -1.69. The summed E-state index contributed by atoms with van der Waals surface area (Å²) in [7, 11) is -3.72. The lowest BCUT2D eigenvalue weighted by molar-refractivity contribution is -0.120. The van der Waals surface area contributed by atoms with E-state index in [0.29, 0.717) is 0 Å². The van der Waals surface area contributed by atoms with Gasteiger partial charge in [-0.2, -0.15) is 0 Å². The molecule has 0 bridgehead atoms. The van der Waals surface area contributed by atoms with Crippen LogP contribution in [-0.2, 0) is 19.6 Å². The molecule has 0 fully saturated rings. The molecule has 0 aliphatic rings. The first kappa shape index (κ1) is 14.8. The summed E-state index contributed by atoms with van der Waals surface area (Å²) < 4.78 is 22.3. The van der Waals surface area contributed by atoms with Gasteiger partial charge in [0, 0.05) is 26.9 Å². The Balaban J connectivity index is 4.23. The van der Waals surface area contributed by atoms with Gasteiger partial charge in [-0.3, -0.25) is 9.59 Å². The quantitative estimate of drug-likeness (QED) is 0.521. The van der Waals surface area contributed by atoms with Gasteiger partial charge in [0.15, 0.2) is 0 Å². The summed E-state index contributed by atoms with van der Waals surface area (Å²) in [5, 5.41) is 8.95. The smallest absolute Gasteiger partial charge is 0.216 e. The van der Waals surface area contributed by atoms with E-state index < -0.39 is 15.3 Å². The highest BCUT2D eigenvalue weighted by molar-refractivity contribution is 7.89. The van der Waals surface area contributed by atoms with Crippen LogP contribution in [0.15, 0.2) is 0 Å². The Kier molecular flexibility index (Phi) is 5.97. The standard InChI is InChI=1S/C8H17N3O4S/c1-6(12)10-4-3-8(16(9,14)15)5-11-7(2)13/h8H,3-5H2,1-2H3,(H,10,12)(H,11,13)(H2,9,14,15). The van der Waals surface area contributed by atoms with Gasteiger partial charge in [0.25, 0.3) is 0 Å². The summed E-state index contributed by atoms with van der Waals surface area (Å²) in [6.45, 7) is 2.78. The van der Waals surface area contributed by atoms with Crippen LogP contribution in [0.2, 0.25) is 0 Å². The number of carbonyl (C=O) groups excluding carboxylic acids is 2. The van der Waals surface area contributed by atoms with Gasteiger partial charge in [0.1, 0.15) is 0 Å². The zero-order chi connectivity index (χ0) is 12.8. The molecule has 0 rings (SSSR count). The zero-order valence-corrected chi connectivity index (χ0v) is 10.1. The van der Waals surface area contributed by atoms with Crippen molar-refractivity contribution in [1.29, 1.82) is 0 Å². The Morgan fingerprint density at radius 1 is 1.19 bits per heavy atom. The topological polar surface area (TPSA) is 118 Å². The van der Waals surface area contributed by atoms with Crippen LogP contribution in [0.5, 0.6) is 0 Å². The van der Waals surface area contributed by atoms with E-state index >= 15 is 0 Å². The van der Waals surface area contributed by atoms with Gasteiger partial charge in [-0.15, -0.1) is 0 Å². The second kappa shape index (κ2) is 6.44. The monoisotopic (exact) mass is 251 g/mol. The molecule has 8 heteroatoms. The Labute approximate surface area is 94.8 Å². The van der Waals surface area contributed by atoms with Crippen LogP contribution in [0.25, 0.3) is 0 Å². The van der Waals surface area contributed by atoms with Crippen molar-refractivity contribution in [3.63, 3.8) is 0 Å². The fourth-order valence-corrected chi connectivity index (χ4v) is 1.81. The second-order valence-electron chi connectivity index (χ2n) is 3.42. The SMILES string of the molecule is CC(=O)NCCC(CNC(C)=O)S(N)(=O)=O. The Morgan fingerprint density at radius 2 is 1.69 bits per heavy atom. The van der Waals surface area contributed by atoms with Gasteiger partial charge in [-0.1, -0.05) is 0 Å². The maximum atomic E-state index is 11.1. The molecule has 0 aliphatic carbocycles. The maximum Gasteiger partial charge on any atom is 0.216 e. The fourth-order valence-electron chi connectivity index (χ4n) is 1.05. The number of hydrogen-bond acceptors (Lipinski definition) is 4. The molecule has 0 aromatic heterocycles. The number of carbonyl (C=O) groups is 2. The number of nitrogens with one attached hydrogen (secondary N) is 2. The molecule has 94 valence electrons. The van der Waals surface area contributed by atoms with Crippen molar-refractivity contribution < 1.29 is 18.0 Å². The van der Waals surface area contributed by atoms with Crippen molar-refractivity contribution in [2.24, 2.45) is 5.14 Å². The minimum absolute atomic E-state index is 0.0479. The Morgan fingerprint density at radius 3 is 2.06 bits per heavy atom. The summed E-state index contributed by atoms with van der Waals surface area (Å²) in [4.78, 5) is 21.2. The number of rotatable bonds is 6. The minimum atomic E-state index is -3.72. The van der Waals surface area contributed by atoms with Crippen LogP contribution >= 0.6 is 0 Å². The highest BCUT2D eigenvalue weighted by Crippen LogP contribution is 2.00. The van der Waals surface area contributed by atoms with Gasteiger partial charge < -0.3 is 10.6 Å². The average molecular weight is 251 g/mol. The number of hydrogen-bond donors (Lipinski definition) is 3. The average Bonchev–Trinajstić information content (AvgIpc) is 2.07. The third-order valence-electron chi connectivity index (χ3n) is 1.88. The zero-order valence-electron chi connectivity index (χ0n) is 9.32. The molecule has 0 saturated carbocycles.